The molecule has 0 amide bonds. The van der Waals surface area contributed by atoms with Crippen LogP contribution in [0.3, 0.4) is 0 Å². The maximum Gasteiger partial charge on any atom is 0.312 e. The molecular weight excluding hydrogens is 292 g/mol. The average molecular weight is 318 g/mol. The van der Waals surface area contributed by atoms with Crippen LogP contribution in [0.15, 0.2) is 24.3 Å². The zero-order valence-electron chi connectivity index (χ0n) is 14.4. The van der Waals surface area contributed by atoms with E-state index >= 15 is 0 Å². The monoisotopic (exact) mass is 318 g/mol. The van der Waals surface area contributed by atoms with Crippen molar-refractivity contribution in [2.45, 2.75) is 64.4 Å². The Bertz CT molecular complexity index is 599. The third-order valence-corrected chi connectivity index (χ3v) is 5.32. The summed E-state index contributed by atoms with van der Waals surface area (Å²) in [6.07, 6.45) is 1.45. The van der Waals surface area contributed by atoms with Crippen molar-refractivity contribution in [3.8, 4) is 0 Å². The number of aryl methyl sites for hydroxylation is 1. The highest BCUT2D eigenvalue weighted by Crippen LogP contribution is 2.55. The zero-order chi connectivity index (χ0) is 16.7. The molecule has 0 N–H and O–H groups in total. The summed E-state index contributed by atoms with van der Waals surface area (Å²) < 4.78 is 17.7. The third-order valence-electron chi connectivity index (χ3n) is 5.32. The van der Waals surface area contributed by atoms with Crippen molar-refractivity contribution in [2.75, 3.05) is 6.61 Å². The van der Waals surface area contributed by atoms with Crippen LogP contribution in [0.2, 0.25) is 0 Å². The van der Waals surface area contributed by atoms with E-state index in [1.54, 1.807) is 0 Å². The number of esters is 1. The molecular formula is C19H26O4. The molecule has 2 aliphatic rings. The van der Waals surface area contributed by atoms with Gasteiger partial charge < -0.3 is 14.2 Å². The second kappa shape index (κ2) is 5.91. The molecule has 4 unspecified atom stereocenters. The van der Waals surface area contributed by atoms with E-state index in [9.17, 15) is 4.79 Å². The van der Waals surface area contributed by atoms with Crippen molar-refractivity contribution in [2.24, 2.45) is 5.92 Å². The molecule has 2 heterocycles. The first-order chi connectivity index (χ1) is 10.9. The summed E-state index contributed by atoms with van der Waals surface area (Å²) >= 11 is 0. The van der Waals surface area contributed by atoms with Gasteiger partial charge in [0.05, 0.1) is 30.8 Å². The lowest BCUT2D eigenvalue weighted by molar-refractivity contribution is -0.161. The Labute approximate surface area is 138 Å². The highest BCUT2D eigenvalue weighted by Gasteiger charge is 2.65. The molecule has 3 rings (SSSR count). The van der Waals surface area contributed by atoms with E-state index in [2.05, 4.69) is 26.0 Å². The van der Waals surface area contributed by atoms with Crippen LogP contribution in [-0.4, -0.2) is 29.9 Å². The first kappa shape index (κ1) is 16.5. The molecule has 0 spiro atoms. The zero-order valence-corrected chi connectivity index (χ0v) is 14.4. The Balaban J connectivity index is 1.73. The molecule has 2 fully saturated rings. The van der Waals surface area contributed by atoms with Gasteiger partial charge in [-0.3, -0.25) is 4.79 Å². The van der Waals surface area contributed by atoms with Crippen LogP contribution in [0.4, 0.5) is 0 Å². The van der Waals surface area contributed by atoms with Gasteiger partial charge in [-0.1, -0.05) is 24.3 Å². The van der Waals surface area contributed by atoms with Gasteiger partial charge in [0.2, 0.25) is 0 Å². The standard InChI is InChI=1S/C19H26O4/c1-5-21-17(20)15-10-18(3)11-16(19(15,4)23-18)22-12-14-9-7-6-8-13(14)2/h6-9,15-16H,5,10-12H2,1-4H3. The van der Waals surface area contributed by atoms with Gasteiger partial charge in [-0.15, -0.1) is 0 Å². The largest absolute Gasteiger partial charge is 0.466 e. The molecule has 0 radical (unpaired) electrons. The number of rotatable bonds is 5. The van der Waals surface area contributed by atoms with E-state index in [0.717, 1.165) is 6.42 Å². The fraction of sp³-hybridized carbons (Fsp3) is 0.632. The minimum absolute atomic E-state index is 0.0877. The number of hydrogen-bond donors (Lipinski definition) is 0. The van der Waals surface area contributed by atoms with Gasteiger partial charge in [0.25, 0.3) is 0 Å². The predicted octanol–water partition coefficient (Wildman–Crippen LogP) is 3.40. The van der Waals surface area contributed by atoms with Crippen LogP contribution < -0.4 is 0 Å². The van der Waals surface area contributed by atoms with Crippen molar-refractivity contribution in [1.82, 2.24) is 0 Å². The van der Waals surface area contributed by atoms with Crippen LogP contribution in [0.25, 0.3) is 0 Å². The molecule has 4 heteroatoms. The Hall–Kier alpha value is -1.39. The second-order valence-corrected chi connectivity index (χ2v) is 7.17. The van der Waals surface area contributed by atoms with Crippen molar-refractivity contribution in [3.63, 3.8) is 0 Å². The number of carbonyl (C=O) groups excluding carboxylic acids is 1. The second-order valence-electron chi connectivity index (χ2n) is 7.17. The van der Waals surface area contributed by atoms with Crippen LogP contribution >= 0.6 is 0 Å². The minimum Gasteiger partial charge on any atom is -0.466 e. The first-order valence-electron chi connectivity index (χ1n) is 8.41. The van der Waals surface area contributed by atoms with Gasteiger partial charge in [-0.25, -0.2) is 0 Å². The minimum atomic E-state index is -0.594. The summed E-state index contributed by atoms with van der Waals surface area (Å²) in [4.78, 5) is 12.3. The fourth-order valence-electron chi connectivity index (χ4n) is 4.04. The Morgan fingerprint density at radius 2 is 2.04 bits per heavy atom. The molecule has 0 aliphatic carbocycles. The molecule has 23 heavy (non-hydrogen) atoms. The van der Waals surface area contributed by atoms with Crippen molar-refractivity contribution >= 4 is 5.97 Å². The summed E-state index contributed by atoms with van der Waals surface area (Å²) in [6, 6.07) is 8.21. The average Bonchev–Trinajstić information content (AvgIpc) is 2.92. The van der Waals surface area contributed by atoms with Crippen molar-refractivity contribution in [3.05, 3.63) is 35.4 Å². The smallest absolute Gasteiger partial charge is 0.312 e. The lowest BCUT2D eigenvalue weighted by atomic mass is 9.73. The van der Waals surface area contributed by atoms with Gasteiger partial charge in [0, 0.05) is 6.42 Å². The summed E-state index contributed by atoms with van der Waals surface area (Å²) in [5, 5.41) is 0. The molecule has 2 saturated heterocycles. The van der Waals surface area contributed by atoms with Gasteiger partial charge in [0.15, 0.2) is 0 Å². The van der Waals surface area contributed by atoms with E-state index in [0.29, 0.717) is 19.6 Å². The lowest BCUT2D eigenvalue weighted by Crippen LogP contribution is -2.48. The molecule has 0 aromatic heterocycles. The predicted molar refractivity (Wildman–Crippen MR) is 87.0 cm³/mol. The number of fused-ring (bicyclic) bond motifs is 2. The van der Waals surface area contributed by atoms with Crippen LogP contribution in [0.1, 0.15) is 44.7 Å². The van der Waals surface area contributed by atoms with E-state index in [-0.39, 0.29) is 23.6 Å². The molecule has 0 saturated carbocycles. The summed E-state index contributed by atoms with van der Waals surface area (Å²) in [5.74, 6) is -0.411. The van der Waals surface area contributed by atoms with Gasteiger partial charge in [0.1, 0.15) is 5.60 Å². The van der Waals surface area contributed by atoms with Gasteiger partial charge in [-0.2, -0.15) is 0 Å². The van der Waals surface area contributed by atoms with E-state index < -0.39 is 5.60 Å². The van der Waals surface area contributed by atoms with Crippen LogP contribution in [-0.2, 0) is 25.6 Å². The topological polar surface area (TPSA) is 44.8 Å². The Kier molecular flexibility index (Phi) is 4.23. The number of carbonyl (C=O) groups is 1. The van der Waals surface area contributed by atoms with E-state index in [4.69, 9.17) is 14.2 Å². The molecule has 1 aromatic rings. The Morgan fingerprint density at radius 3 is 2.70 bits per heavy atom. The van der Waals surface area contributed by atoms with Crippen molar-refractivity contribution in [1.29, 1.82) is 0 Å². The van der Waals surface area contributed by atoms with Crippen LogP contribution in [0.5, 0.6) is 0 Å². The van der Waals surface area contributed by atoms with Gasteiger partial charge in [-0.05, 0) is 45.2 Å². The molecule has 4 atom stereocenters. The first-order valence-corrected chi connectivity index (χ1v) is 8.41. The van der Waals surface area contributed by atoms with Crippen LogP contribution in [0, 0.1) is 12.8 Å². The summed E-state index contributed by atoms with van der Waals surface area (Å²) in [6.45, 7) is 8.93. The highest BCUT2D eigenvalue weighted by atomic mass is 16.6. The molecule has 2 bridgehead atoms. The van der Waals surface area contributed by atoms with Gasteiger partial charge >= 0.3 is 5.97 Å². The number of hydrogen-bond acceptors (Lipinski definition) is 4. The summed E-state index contributed by atoms with van der Waals surface area (Å²) in [7, 11) is 0. The molecule has 2 aliphatic heterocycles. The van der Waals surface area contributed by atoms with E-state index in [1.165, 1.54) is 11.1 Å². The maximum absolute atomic E-state index is 12.3. The SMILES string of the molecule is CCOC(=O)C1CC2(C)CC(OCc3ccccc3C)C1(C)O2. The summed E-state index contributed by atoms with van der Waals surface area (Å²) in [5.41, 5.74) is 1.51. The Morgan fingerprint density at radius 1 is 1.30 bits per heavy atom. The normalized spacial score (nSPS) is 35.5. The molecule has 126 valence electrons. The lowest BCUT2D eigenvalue weighted by Gasteiger charge is -2.34. The molecule has 4 nitrogen and oxygen atoms in total. The maximum atomic E-state index is 12.3. The highest BCUT2D eigenvalue weighted by molar-refractivity contribution is 5.75. The third kappa shape index (κ3) is 2.90. The van der Waals surface area contributed by atoms with E-state index in [1.807, 2.05) is 26.0 Å². The number of ether oxygens (including phenoxy) is 3. The number of benzene rings is 1. The quantitative estimate of drug-likeness (QED) is 0.781. The fourth-order valence-corrected chi connectivity index (χ4v) is 4.04. The molecule has 1 aromatic carbocycles. The van der Waals surface area contributed by atoms with Crippen molar-refractivity contribution < 1.29 is 19.0 Å².